The van der Waals surface area contributed by atoms with Crippen molar-refractivity contribution in [2.45, 2.75) is 83.3 Å². The van der Waals surface area contributed by atoms with Gasteiger partial charge < -0.3 is 29.5 Å². The SMILES string of the molecule is CC1N(Cc2ncno2)C(=O)C12CCCN2C(=O)C(NC(=O)OC(C)(C)C)[C@@H](C)O. The molecule has 11 heteroatoms. The number of hydrogen-bond donors (Lipinski definition) is 2. The highest BCUT2D eigenvalue weighted by atomic mass is 16.6. The number of aliphatic hydroxyl groups is 1. The molecule has 1 spiro atoms. The summed E-state index contributed by atoms with van der Waals surface area (Å²) in [5.74, 6) is -0.402. The Bertz CT molecular complexity index is 805. The maximum atomic E-state index is 13.3. The Kier molecular flexibility index (Phi) is 5.76. The molecule has 1 aromatic heterocycles. The van der Waals surface area contributed by atoms with Gasteiger partial charge in [0.2, 0.25) is 11.8 Å². The van der Waals surface area contributed by atoms with Crippen LogP contribution < -0.4 is 5.32 Å². The molecule has 2 N–H and O–H groups in total. The Morgan fingerprint density at radius 2 is 2.17 bits per heavy atom. The lowest BCUT2D eigenvalue weighted by molar-refractivity contribution is -0.180. The fraction of sp³-hybridized carbons (Fsp3) is 0.737. The lowest BCUT2D eigenvalue weighted by atomic mass is 9.77. The molecule has 2 fully saturated rings. The number of aliphatic hydroxyl groups excluding tert-OH is 1. The maximum Gasteiger partial charge on any atom is 0.408 e. The minimum Gasteiger partial charge on any atom is -0.444 e. The van der Waals surface area contributed by atoms with Gasteiger partial charge in [-0.15, -0.1) is 0 Å². The van der Waals surface area contributed by atoms with E-state index in [4.69, 9.17) is 9.26 Å². The highest BCUT2D eigenvalue weighted by Crippen LogP contribution is 2.45. The zero-order valence-electron chi connectivity index (χ0n) is 17.9. The van der Waals surface area contributed by atoms with Crippen molar-refractivity contribution < 1.29 is 28.8 Å². The molecule has 2 saturated heterocycles. The normalized spacial score (nSPS) is 25.8. The summed E-state index contributed by atoms with van der Waals surface area (Å²) in [6.45, 7) is 8.91. The van der Waals surface area contributed by atoms with E-state index in [-0.39, 0.29) is 18.5 Å². The Balaban J connectivity index is 1.75. The molecule has 0 aromatic carbocycles. The van der Waals surface area contributed by atoms with Crippen LogP contribution in [-0.2, 0) is 20.9 Å². The zero-order valence-corrected chi connectivity index (χ0v) is 17.9. The number of amides is 3. The molecule has 3 heterocycles. The van der Waals surface area contributed by atoms with E-state index in [1.165, 1.54) is 18.2 Å². The van der Waals surface area contributed by atoms with E-state index in [0.717, 1.165) is 0 Å². The summed E-state index contributed by atoms with van der Waals surface area (Å²) in [4.78, 5) is 45.6. The van der Waals surface area contributed by atoms with Crippen LogP contribution in [0.25, 0.3) is 0 Å². The summed E-state index contributed by atoms with van der Waals surface area (Å²) >= 11 is 0. The minimum atomic E-state index is -1.22. The average Bonchev–Trinajstić information content (AvgIpc) is 3.32. The topological polar surface area (TPSA) is 138 Å². The van der Waals surface area contributed by atoms with E-state index < -0.39 is 35.3 Å². The predicted molar refractivity (Wildman–Crippen MR) is 103 cm³/mol. The molecule has 3 rings (SSSR count). The molecular weight excluding hydrogens is 394 g/mol. The summed E-state index contributed by atoms with van der Waals surface area (Å²) in [6.07, 6.45) is 0.456. The second kappa shape index (κ2) is 7.86. The van der Waals surface area contributed by atoms with Gasteiger partial charge in [0, 0.05) is 6.54 Å². The maximum absolute atomic E-state index is 13.3. The van der Waals surface area contributed by atoms with E-state index in [1.54, 1.807) is 25.7 Å². The first kappa shape index (κ1) is 22.0. The largest absolute Gasteiger partial charge is 0.444 e. The van der Waals surface area contributed by atoms with Crippen molar-refractivity contribution in [3.8, 4) is 0 Å². The van der Waals surface area contributed by atoms with E-state index in [9.17, 15) is 19.5 Å². The van der Waals surface area contributed by atoms with Crippen molar-refractivity contribution in [1.29, 1.82) is 0 Å². The second-order valence-corrected chi connectivity index (χ2v) is 8.83. The fourth-order valence-corrected chi connectivity index (χ4v) is 4.21. The summed E-state index contributed by atoms with van der Waals surface area (Å²) in [5.41, 5.74) is -1.75. The molecule has 0 saturated carbocycles. The van der Waals surface area contributed by atoms with Crippen LogP contribution in [0.1, 0.15) is 53.4 Å². The molecule has 4 atom stereocenters. The molecule has 2 aliphatic heterocycles. The number of aromatic nitrogens is 2. The zero-order chi connectivity index (χ0) is 22.3. The molecule has 2 aliphatic rings. The summed E-state index contributed by atoms with van der Waals surface area (Å²) < 4.78 is 10.2. The Hall–Kier alpha value is -2.69. The van der Waals surface area contributed by atoms with Gasteiger partial charge in [-0.05, 0) is 47.5 Å². The van der Waals surface area contributed by atoms with E-state index in [1.807, 2.05) is 6.92 Å². The van der Waals surface area contributed by atoms with Crippen LogP contribution in [-0.4, -0.2) is 78.8 Å². The number of hydrogen-bond acceptors (Lipinski definition) is 8. The highest BCUT2D eigenvalue weighted by molar-refractivity contribution is 6.00. The van der Waals surface area contributed by atoms with Gasteiger partial charge in [0.1, 0.15) is 23.7 Å². The van der Waals surface area contributed by atoms with Gasteiger partial charge in [-0.1, -0.05) is 5.16 Å². The van der Waals surface area contributed by atoms with Crippen molar-refractivity contribution in [3.63, 3.8) is 0 Å². The molecule has 0 bridgehead atoms. The molecule has 11 nitrogen and oxygen atoms in total. The molecule has 3 amide bonds. The molecule has 166 valence electrons. The standard InChI is InChI=1S/C19H29N5O6/c1-11(25)14(22-17(28)29-18(3,4)5)15(26)24-8-6-7-19(24)12(2)23(16(19)27)9-13-20-10-21-30-13/h10-12,14,25H,6-9H2,1-5H3,(H,22,28)/t11-,12?,14?,19?/m1/s1. The van der Waals surface area contributed by atoms with Crippen LogP contribution in [0.4, 0.5) is 4.79 Å². The number of nitrogens with zero attached hydrogens (tertiary/aromatic N) is 4. The monoisotopic (exact) mass is 423 g/mol. The van der Waals surface area contributed by atoms with Crippen LogP contribution in [0.2, 0.25) is 0 Å². The molecule has 0 aliphatic carbocycles. The molecule has 0 radical (unpaired) electrons. The molecule has 30 heavy (non-hydrogen) atoms. The number of likely N-dealkylation sites (tertiary alicyclic amines) is 2. The van der Waals surface area contributed by atoms with Gasteiger partial charge in [0.15, 0.2) is 6.33 Å². The van der Waals surface area contributed by atoms with Gasteiger partial charge in [0.25, 0.3) is 5.91 Å². The molecule has 3 unspecified atom stereocenters. The van der Waals surface area contributed by atoms with Crippen molar-refractivity contribution in [3.05, 3.63) is 12.2 Å². The number of ether oxygens (including phenoxy) is 1. The third-order valence-corrected chi connectivity index (χ3v) is 5.61. The first-order chi connectivity index (χ1) is 14.0. The quantitative estimate of drug-likeness (QED) is 0.651. The van der Waals surface area contributed by atoms with Gasteiger partial charge >= 0.3 is 6.09 Å². The smallest absolute Gasteiger partial charge is 0.408 e. The van der Waals surface area contributed by atoms with Crippen molar-refractivity contribution >= 4 is 17.9 Å². The number of carbonyl (C=O) groups is 3. The number of carbonyl (C=O) groups excluding carboxylic acids is 3. The average molecular weight is 423 g/mol. The van der Waals surface area contributed by atoms with E-state index >= 15 is 0 Å². The molecule has 1 aromatic rings. The van der Waals surface area contributed by atoms with Crippen molar-refractivity contribution in [1.82, 2.24) is 25.3 Å². The summed E-state index contributed by atoms with van der Waals surface area (Å²) in [7, 11) is 0. The van der Waals surface area contributed by atoms with Gasteiger partial charge in [-0.25, -0.2) is 4.79 Å². The lowest BCUT2D eigenvalue weighted by Gasteiger charge is -2.56. The van der Waals surface area contributed by atoms with Crippen molar-refractivity contribution in [2.75, 3.05) is 6.54 Å². The number of nitrogens with one attached hydrogen (secondary N) is 1. The Labute approximate surface area is 174 Å². The molecular formula is C19H29N5O6. The fourth-order valence-electron chi connectivity index (χ4n) is 4.21. The van der Waals surface area contributed by atoms with Crippen LogP contribution in [0, 0.1) is 0 Å². The second-order valence-electron chi connectivity index (χ2n) is 8.83. The number of alkyl carbamates (subject to hydrolysis) is 1. The summed E-state index contributed by atoms with van der Waals surface area (Å²) in [6, 6.07) is -1.50. The van der Waals surface area contributed by atoms with Gasteiger partial charge in [-0.2, -0.15) is 4.98 Å². The van der Waals surface area contributed by atoms with Gasteiger partial charge in [0.05, 0.1) is 12.1 Å². The Morgan fingerprint density at radius 1 is 1.47 bits per heavy atom. The first-order valence-electron chi connectivity index (χ1n) is 10.0. The Morgan fingerprint density at radius 3 is 2.70 bits per heavy atom. The van der Waals surface area contributed by atoms with Crippen LogP contribution in [0.3, 0.4) is 0 Å². The third-order valence-electron chi connectivity index (χ3n) is 5.61. The van der Waals surface area contributed by atoms with Crippen LogP contribution in [0.5, 0.6) is 0 Å². The lowest BCUT2D eigenvalue weighted by Crippen LogP contribution is -2.78. The number of rotatable bonds is 5. The number of β-lactam (4-membered cyclic amide) rings is 1. The van der Waals surface area contributed by atoms with Crippen LogP contribution >= 0.6 is 0 Å². The van der Waals surface area contributed by atoms with Crippen LogP contribution in [0.15, 0.2) is 10.9 Å². The minimum absolute atomic E-state index is 0.166. The van der Waals surface area contributed by atoms with E-state index in [2.05, 4.69) is 15.5 Å². The summed E-state index contributed by atoms with van der Waals surface area (Å²) in [5, 5.41) is 16.2. The first-order valence-corrected chi connectivity index (χ1v) is 10.0. The predicted octanol–water partition coefficient (Wildman–Crippen LogP) is 0.436. The van der Waals surface area contributed by atoms with Gasteiger partial charge in [-0.3, -0.25) is 9.59 Å². The highest BCUT2D eigenvalue weighted by Gasteiger charge is 2.65. The van der Waals surface area contributed by atoms with Crippen molar-refractivity contribution in [2.24, 2.45) is 0 Å². The third kappa shape index (κ3) is 3.85. The van der Waals surface area contributed by atoms with E-state index in [0.29, 0.717) is 25.3 Å².